The van der Waals surface area contributed by atoms with E-state index in [1.165, 1.54) is 55.4 Å². The van der Waals surface area contributed by atoms with E-state index in [1.54, 1.807) is 0 Å². The summed E-state index contributed by atoms with van der Waals surface area (Å²) in [6, 6.07) is 0. The summed E-state index contributed by atoms with van der Waals surface area (Å²) in [5.41, 5.74) is 1.53. The van der Waals surface area contributed by atoms with Crippen LogP contribution in [-0.2, 0) is 0 Å². The van der Waals surface area contributed by atoms with Crippen molar-refractivity contribution in [3.63, 3.8) is 0 Å². The van der Waals surface area contributed by atoms with E-state index in [2.05, 4.69) is 39.1 Å². The van der Waals surface area contributed by atoms with Crippen molar-refractivity contribution < 1.29 is 4.48 Å². The molecule has 0 saturated carbocycles. The molecule has 0 bridgehead atoms. The summed E-state index contributed by atoms with van der Waals surface area (Å²) in [7, 11) is 0. The highest BCUT2D eigenvalue weighted by Gasteiger charge is 2.25. The maximum absolute atomic E-state index is 2.42. The van der Waals surface area contributed by atoms with Crippen LogP contribution in [0.1, 0.15) is 46.5 Å². The third kappa shape index (κ3) is 3.83. The van der Waals surface area contributed by atoms with E-state index in [0.29, 0.717) is 0 Å². The van der Waals surface area contributed by atoms with Gasteiger partial charge in [-0.25, -0.2) is 0 Å². The molecule has 0 saturated heterocycles. The van der Waals surface area contributed by atoms with Crippen molar-refractivity contribution in [1.29, 1.82) is 0 Å². The fourth-order valence-corrected chi connectivity index (χ4v) is 2.36. The molecule has 0 aromatic rings. The van der Waals surface area contributed by atoms with Crippen molar-refractivity contribution in [2.75, 3.05) is 19.6 Å². The normalized spacial score (nSPS) is 19.0. The number of hydrogen-bond donors (Lipinski definition) is 0. The fourth-order valence-electron chi connectivity index (χ4n) is 2.36. The summed E-state index contributed by atoms with van der Waals surface area (Å²) in [4.78, 5) is 0. The van der Waals surface area contributed by atoms with Crippen LogP contribution in [-0.4, -0.2) is 24.1 Å². The molecule has 1 aliphatic heterocycles. The molecule has 1 heterocycles. The molecule has 15 heavy (non-hydrogen) atoms. The van der Waals surface area contributed by atoms with Crippen LogP contribution in [0.3, 0.4) is 0 Å². The second kappa shape index (κ2) is 6.12. The van der Waals surface area contributed by atoms with Crippen molar-refractivity contribution in [2.45, 2.75) is 46.5 Å². The molecule has 0 unspecified atom stereocenters. The van der Waals surface area contributed by atoms with Crippen LogP contribution in [0.5, 0.6) is 0 Å². The Hall–Kier alpha value is -0.560. The Morgan fingerprint density at radius 1 is 1.13 bits per heavy atom. The van der Waals surface area contributed by atoms with Gasteiger partial charge in [0.25, 0.3) is 0 Å². The van der Waals surface area contributed by atoms with Crippen LogP contribution in [0.15, 0.2) is 23.9 Å². The van der Waals surface area contributed by atoms with Crippen LogP contribution in [0.25, 0.3) is 0 Å². The van der Waals surface area contributed by atoms with Gasteiger partial charge in [-0.3, -0.25) is 4.48 Å². The van der Waals surface area contributed by atoms with Gasteiger partial charge < -0.3 is 0 Å². The van der Waals surface area contributed by atoms with Gasteiger partial charge in [0.05, 0.1) is 19.3 Å². The van der Waals surface area contributed by atoms with Gasteiger partial charge in [-0.1, -0.05) is 32.8 Å². The first-order valence-electron chi connectivity index (χ1n) is 6.43. The first-order valence-corrected chi connectivity index (χ1v) is 6.43. The molecule has 0 aromatic carbocycles. The van der Waals surface area contributed by atoms with Crippen LogP contribution in [0.4, 0.5) is 0 Å². The Morgan fingerprint density at radius 3 is 2.20 bits per heavy atom. The van der Waals surface area contributed by atoms with Gasteiger partial charge in [-0.05, 0) is 31.4 Å². The molecule has 86 valence electrons. The molecule has 0 aliphatic carbocycles. The SMILES string of the molecule is CCCC[N+]1(CCCC)C=CC=C(C)C1. The summed E-state index contributed by atoms with van der Waals surface area (Å²) >= 11 is 0. The molecule has 1 heteroatoms. The highest BCUT2D eigenvalue weighted by atomic mass is 15.3. The minimum Gasteiger partial charge on any atom is -0.294 e. The van der Waals surface area contributed by atoms with E-state index in [4.69, 9.17) is 0 Å². The standard InChI is InChI=1S/C14H26N/c1-4-6-10-15(11-7-5-2)12-8-9-14(3)13-15/h8-9,12H,4-7,10-11,13H2,1-3H3/q+1. The topological polar surface area (TPSA) is 0 Å². The predicted molar refractivity (Wildman–Crippen MR) is 67.6 cm³/mol. The summed E-state index contributed by atoms with van der Waals surface area (Å²) in [5.74, 6) is 0. The van der Waals surface area contributed by atoms with E-state index < -0.39 is 0 Å². The lowest BCUT2D eigenvalue weighted by Crippen LogP contribution is -2.46. The molecule has 1 rings (SSSR count). The average molecular weight is 208 g/mol. The first-order chi connectivity index (χ1) is 7.22. The van der Waals surface area contributed by atoms with Gasteiger partial charge in [-0.15, -0.1) is 0 Å². The number of hydrogen-bond acceptors (Lipinski definition) is 0. The van der Waals surface area contributed by atoms with E-state index in [0.717, 1.165) is 0 Å². The maximum atomic E-state index is 2.42. The highest BCUT2D eigenvalue weighted by molar-refractivity contribution is 5.12. The van der Waals surface area contributed by atoms with Gasteiger partial charge in [-0.2, -0.15) is 0 Å². The molecule has 0 atom stereocenters. The minimum atomic E-state index is 1.20. The van der Waals surface area contributed by atoms with Crippen molar-refractivity contribution in [3.8, 4) is 0 Å². The number of quaternary nitrogens is 1. The Labute approximate surface area is 95.1 Å². The zero-order valence-corrected chi connectivity index (χ0v) is 10.6. The van der Waals surface area contributed by atoms with E-state index in [1.807, 2.05) is 0 Å². The van der Waals surface area contributed by atoms with Crippen LogP contribution in [0.2, 0.25) is 0 Å². The minimum absolute atomic E-state index is 1.20. The summed E-state index contributed by atoms with van der Waals surface area (Å²) in [5, 5.41) is 0. The second-order valence-corrected chi connectivity index (χ2v) is 4.89. The molecule has 1 aliphatic rings. The smallest absolute Gasteiger partial charge is 0.105 e. The third-order valence-electron chi connectivity index (χ3n) is 3.26. The molecular formula is C14H26N+. The fraction of sp³-hybridized carbons (Fsp3) is 0.714. The lowest BCUT2D eigenvalue weighted by Gasteiger charge is -2.37. The van der Waals surface area contributed by atoms with Crippen molar-refractivity contribution in [3.05, 3.63) is 23.9 Å². The molecule has 0 radical (unpaired) electrons. The Balaban J connectivity index is 2.60. The molecule has 1 nitrogen and oxygen atoms in total. The van der Waals surface area contributed by atoms with Gasteiger partial charge in [0.2, 0.25) is 0 Å². The van der Waals surface area contributed by atoms with Crippen LogP contribution in [0, 0.1) is 0 Å². The Kier molecular flexibility index (Phi) is 5.10. The van der Waals surface area contributed by atoms with Crippen molar-refractivity contribution in [1.82, 2.24) is 0 Å². The lowest BCUT2D eigenvalue weighted by molar-refractivity contribution is -0.876. The summed E-state index contributed by atoms with van der Waals surface area (Å²) in [6.45, 7) is 10.7. The van der Waals surface area contributed by atoms with Crippen LogP contribution >= 0.6 is 0 Å². The van der Waals surface area contributed by atoms with Crippen molar-refractivity contribution in [2.24, 2.45) is 0 Å². The third-order valence-corrected chi connectivity index (χ3v) is 3.26. The summed E-state index contributed by atoms with van der Waals surface area (Å²) in [6.07, 6.45) is 12.2. The molecule has 0 fully saturated rings. The van der Waals surface area contributed by atoms with Crippen LogP contribution < -0.4 is 0 Å². The number of allylic oxidation sites excluding steroid dienone is 2. The van der Waals surface area contributed by atoms with Gasteiger partial charge >= 0.3 is 0 Å². The first kappa shape index (κ1) is 12.5. The maximum Gasteiger partial charge on any atom is 0.105 e. The molecule has 0 aromatic heterocycles. The number of nitrogens with zero attached hydrogens (tertiary/aromatic N) is 1. The zero-order valence-electron chi connectivity index (χ0n) is 10.6. The Bertz CT molecular complexity index is 230. The van der Waals surface area contributed by atoms with Gasteiger partial charge in [0, 0.05) is 0 Å². The quantitative estimate of drug-likeness (QED) is 0.581. The molecule has 0 amide bonds. The summed E-state index contributed by atoms with van der Waals surface area (Å²) < 4.78 is 1.20. The molecule has 0 N–H and O–H groups in total. The molecular weight excluding hydrogens is 182 g/mol. The van der Waals surface area contributed by atoms with E-state index in [-0.39, 0.29) is 0 Å². The van der Waals surface area contributed by atoms with E-state index in [9.17, 15) is 0 Å². The largest absolute Gasteiger partial charge is 0.294 e. The Morgan fingerprint density at radius 2 is 1.73 bits per heavy atom. The zero-order chi connectivity index (χ0) is 11.1. The average Bonchev–Trinajstić information content (AvgIpc) is 2.24. The molecule has 0 spiro atoms. The monoisotopic (exact) mass is 208 g/mol. The van der Waals surface area contributed by atoms with Crippen molar-refractivity contribution >= 4 is 0 Å². The lowest BCUT2D eigenvalue weighted by atomic mass is 10.1. The number of unbranched alkanes of at least 4 members (excludes halogenated alkanes) is 2. The predicted octanol–water partition coefficient (Wildman–Crippen LogP) is 3.88. The van der Waals surface area contributed by atoms with Gasteiger partial charge in [0.15, 0.2) is 0 Å². The highest BCUT2D eigenvalue weighted by Crippen LogP contribution is 2.20. The second-order valence-electron chi connectivity index (χ2n) is 4.89. The van der Waals surface area contributed by atoms with Gasteiger partial charge in [0.1, 0.15) is 6.54 Å². The van der Waals surface area contributed by atoms with E-state index >= 15 is 0 Å². The number of rotatable bonds is 6.